The fourth-order valence-corrected chi connectivity index (χ4v) is 4.68. The monoisotopic (exact) mass is 512 g/mol. The van der Waals surface area contributed by atoms with Gasteiger partial charge >= 0.3 is 6.09 Å². The number of ether oxygens (including phenoxy) is 1. The summed E-state index contributed by atoms with van der Waals surface area (Å²) in [7, 11) is 0. The van der Waals surface area contributed by atoms with E-state index in [1.165, 1.54) is 0 Å². The van der Waals surface area contributed by atoms with Crippen LogP contribution in [0.5, 0.6) is 0 Å². The number of aromatic nitrogens is 1. The zero-order valence-electron chi connectivity index (χ0n) is 20.7. The minimum absolute atomic E-state index is 0.00855. The zero-order valence-corrected chi connectivity index (χ0v) is 21.5. The van der Waals surface area contributed by atoms with E-state index in [1.807, 2.05) is 30.5 Å². The molecule has 1 aliphatic heterocycles. The summed E-state index contributed by atoms with van der Waals surface area (Å²) in [6.45, 7) is 7.20. The lowest BCUT2D eigenvalue weighted by molar-refractivity contribution is -0.121. The average Bonchev–Trinajstić information content (AvgIpc) is 3.38. The number of nitrogens with zero attached hydrogens (tertiary/aromatic N) is 4. The molecular formula is C25H32N6O4S. The Labute approximate surface area is 215 Å². The minimum atomic E-state index is -0.268. The predicted molar refractivity (Wildman–Crippen MR) is 138 cm³/mol. The molecule has 1 aromatic carbocycles. The molecule has 0 aliphatic carbocycles. The fourth-order valence-electron chi connectivity index (χ4n) is 3.79. The van der Waals surface area contributed by atoms with E-state index in [4.69, 9.17) is 15.0 Å². The molecular weight excluding hydrogens is 480 g/mol. The van der Waals surface area contributed by atoms with Crippen LogP contribution in [-0.2, 0) is 9.53 Å². The number of hydrogen-bond acceptors (Lipinski definition) is 8. The Balaban J connectivity index is 1.46. The van der Waals surface area contributed by atoms with Gasteiger partial charge in [-0.2, -0.15) is 5.26 Å². The number of hydrogen-bond donors (Lipinski definition) is 2. The van der Waals surface area contributed by atoms with Crippen molar-refractivity contribution in [3.05, 3.63) is 35.2 Å². The highest BCUT2D eigenvalue weighted by molar-refractivity contribution is 7.14. The van der Waals surface area contributed by atoms with Gasteiger partial charge in [0.25, 0.3) is 5.91 Å². The van der Waals surface area contributed by atoms with E-state index in [0.717, 1.165) is 16.4 Å². The van der Waals surface area contributed by atoms with Crippen molar-refractivity contribution < 1.29 is 19.1 Å². The maximum absolute atomic E-state index is 12.5. The van der Waals surface area contributed by atoms with Gasteiger partial charge in [0.05, 0.1) is 18.4 Å². The van der Waals surface area contributed by atoms with Crippen LogP contribution in [0.1, 0.15) is 37.0 Å². The highest BCUT2D eigenvalue weighted by Crippen LogP contribution is 2.28. The van der Waals surface area contributed by atoms with E-state index >= 15 is 0 Å². The predicted octanol–water partition coefficient (Wildman–Crippen LogP) is 2.87. The summed E-state index contributed by atoms with van der Waals surface area (Å²) in [5, 5.41) is 16.8. The second kappa shape index (κ2) is 13.4. The van der Waals surface area contributed by atoms with Gasteiger partial charge in [-0.25, -0.2) is 9.78 Å². The third-order valence-corrected chi connectivity index (χ3v) is 6.73. The lowest BCUT2D eigenvalue weighted by atomic mass is 10.0. The van der Waals surface area contributed by atoms with Crippen molar-refractivity contribution >= 4 is 34.4 Å². The Kier molecular flexibility index (Phi) is 10.1. The Bertz CT molecular complexity index is 1070. The molecule has 10 nitrogen and oxygen atoms in total. The van der Waals surface area contributed by atoms with Crippen molar-refractivity contribution in [2.75, 3.05) is 50.8 Å². The van der Waals surface area contributed by atoms with Gasteiger partial charge < -0.3 is 25.2 Å². The van der Waals surface area contributed by atoms with Crippen molar-refractivity contribution in [1.29, 1.82) is 5.26 Å². The average molecular weight is 513 g/mol. The largest absolute Gasteiger partial charge is 0.450 e. The second-order valence-electron chi connectivity index (χ2n) is 8.55. The van der Waals surface area contributed by atoms with Crippen LogP contribution in [0, 0.1) is 17.2 Å². The first-order valence-corrected chi connectivity index (χ1v) is 12.9. The van der Waals surface area contributed by atoms with Gasteiger partial charge in [0.15, 0.2) is 5.13 Å². The molecule has 11 heteroatoms. The van der Waals surface area contributed by atoms with Crippen molar-refractivity contribution in [2.45, 2.75) is 26.7 Å². The number of nitrogens with one attached hydrogen (secondary N) is 2. The van der Waals surface area contributed by atoms with E-state index < -0.39 is 0 Å². The van der Waals surface area contributed by atoms with Gasteiger partial charge in [0.1, 0.15) is 6.54 Å². The first kappa shape index (κ1) is 26.9. The van der Waals surface area contributed by atoms with Crippen LogP contribution in [0.15, 0.2) is 29.6 Å². The number of anilines is 1. The first-order chi connectivity index (χ1) is 17.4. The number of carbonyl (C=O) groups is 3. The van der Waals surface area contributed by atoms with Crippen LogP contribution in [0.3, 0.4) is 0 Å². The van der Waals surface area contributed by atoms with Gasteiger partial charge in [0, 0.05) is 55.7 Å². The standard InChI is InChI=1S/C25H32N6O4S/c1-3-35-25(34)31-14-12-30(13-15-31)24-29-21(17-36-24)19-4-6-20(7-5-19)23(33)28-10-8-18(2)16-22(32)27-11-9-26/h4-7,17-18H,3,8,10-16H2,1-2H3,(H,27,32)(H,28,33). The van der Waals surface area contributed by atoms with E-state index in [-0.39, 0.29) is 30.4 Å². The first-order valence-electron chi connectivity index (χ1n) is 12.1. The molecule has 1 aliphatic rings. The maximum atomic E-state index is 12.5. The van der Waals surface area contributed by atoms with E-state index in [0.29, 0.717) is 57.7 Å². The molecule has 1 aromatic heterocycles. The Hall–Kier alpha value is -3.65. The van der Waals surface area contributed by atoms with Gasteiger partial charge in [0.2, 0.25) is 5.91 Å². The molecule has 192 valence electrons. The Morgan fingerprint density at radius 2 is 1.89 bits per heavy atom. The molecule has 2 aromatic rings. The fraction of sp³-hybridized carbons (Fsp3) is 0.480. The van der Waals surface area contributed by atoms with E-state index in [2.05, 4.69) is 15.5 Å². The molecule has 1 saturated heterocycles. The number of amides is 3. The third-order valence-electron chi connectivity index (χ3n) is 5.83. The van der Waals surface area contributed by atoms with Crippen molar-refractivity contribution in [3.63, 3.8) is 0 Å². The zero-order chi connectivity index (χ0) is 25.9. The summed E-state index contributed by atoms with van der Waals surface area (Å²) >= 11 is 1.56. The van der Waals surface area contributed by atoms with Crippen molar-refractivity contribution in [3.8, 4) is 17.3 Å². The number of nitriles is 1. The molecule has 0 bridgehead atoms. The molecule has 0 spiro atoms. The summed E-state index contributed by atoms with van der Waals surface area (Å²) in [5.41, 5.74) is 2.33. The van der Waals surface area contributed by atoms with Crippen molar-refractivity contribution in [1.82, 2.24) is 20.5 Å². The Morgan fingerprint density at radius 3 is 2.56 bits per heavy atom. The number of carbonyl (C=O) groups excluding carboxylic acids is 3. The lowest BCUT2D eigenvalue weighted by Crippen LogP contribution is -2.48. The number of benzene rings is 1. The molecule has 0 saturated carbocycles. The van der Waals surface area contributed by atoms with Crippen LogP contribution in [0.2, 0.25) is 0 Å². The van der Waals surface area contributed by atoms with Crippen molar-refractivity contribution in [2.24, 2.45) is 5.92 Å². The van der Waals surface area contributed by atoms with Crippen LogP contribution in [0.25, 0.3) is 11.3 Å². The van der Waals surface area contributed by atoms with Crippen LogP contribution in [-0.4, -0.2) is 73.7 Å². The molecule has 1 fully saturated rings. The summed E-state index contributed by atoms with van der Waals surface area (Å²) in [4.78, 5) is 44.7. The maximum Gasteiger partial charge on any atom is 0.409 e. The normalized spacial score (nSPS) is 14.0. The quantitative estimate of drug-likeness (QED) is 0.469. The van der Waals surface area contributed by atoms with Crippen LogP contribution < -0.4 is 15.5 Å². The highest BCUT2D eigenvalue weighted by Gasteiger charge is 2.23. The molecule has 36 heavy (non-hydrogen) atoms. The number of piperazine rings is 1. The summed E-state index contributed by atoms with van der Waals surface area (Å²) in [6.07, 6.45) is 0.720. The summed E-state index contributed by atoms with van der Waals surface area (Å²) < 4.78 is 5.07. The number of rotatable bonds is 10. The van der Waals surface area contributed by atoms with Gasteiger partial charge in [-0.15, -0.1) is 11.3 Å². The smallest absolute Gasteiger partial charge is 0.409 e. The molecule has 3 rings (SSSR count). The molecule has 3 amide bonds. The molecule has 2 N–H and O–H groups in total. The summed E-state index contributed by atoms with van der Waals surface area (Å²) in [6, 6.07) is 9.20. The summed E-state index contributed by atoms with van der Waals surface area (Å²) in [5.74, 6) is -0.227. The molecule has 2 heterocycles. The Morgan fingerprint density at radius 1 is 1.17 bits per heavy atom. The number of thiazole rings is 1. The van der Waals surface area contributed by atoms with Crippen LogP contribution in [0.4, 0.5) is 9.93 Å². The van der Waals surface area contributed by atoms with Gasteiger partial charge in [-0.3, -0.25) is 9.59 Å². The lowest BCUT2D eigenvalue weighted by Gasteiger charge is -2.33. The topological polar surface area (TPSA) is 128 Å². The second-order valence-corrected chi connectivity index (χ2v) is 9.39. The SMILES string of the molecule is CCOC(=O)N1CCN(c2nc(-c3ccc(C(=O)NCCC(C)CC(=O)NCC#N)cc3)cs2)CC1. The van der Waals surface area contributed by atoms with Gasteiger partial charge in [-0.1, -0.05) is 19.1 Å². The molecule has 0 radical (unpaired) electrons. The minimum Gasteiger partial charge on any atom is -0.450 e. The van der Waals surface area contributed by atoms with E-state index in [1.54, 1.807) is 35.3 Å². The van der Waals surface area contributed by atoms with E-state index in [9.17, 15) is 14.4 Å². The third kappa shape index (κ3) is 7.68. The van der Waals surface area contributed by atoms with Crippen LogP contribution >= 0.6 is 11.3 Å². The van der Waals surface area contributed by atoms with Gasteiger partial charge in [-0.05, 0) is 31.4 Å². The highest BCUT2D eigenvalue weighted by atomic mass is 32.1. The molecule has 1 unspecified atom stereocenters. The molecule has 1 atom stereocenters.